The van der Waals surface area contributed by atoms with E-state index >= 15 is 0 Å². The zero-order valence-corrected chi connectivity index (χ0v) is 24.9. The molecule has 7 heteroatoms. The number of carbonyl (C=O) groups excluding carboxylic acids is 3. The molecule has 4 rings (SSSR count). The maximum atomic E-state index is 12.9. The van der Waals surface area contributed by atoms with Gasteiger partial charge in [-0.05, 0) is 75.2 Å². The van der Waals surface area contributed by atoms with Gasteiger partial charge in [-0.3, -0.25) is 9.59 Å². The minimum atomic E-state index is -0.487. The molecule has 220 valence electrons. The van der Waals surface area contributed by atoms with Crippen LogP contribution in [-0.4, -0.2) is 48.9 Å². The number of fused-ring (bicyclic) bond motifs is 3. The molecule has 0 N–H and O–H groups in total. The molecule has 0 aromatic rings. The van der Waals surface area contributed by atoms with E-state index in [4.69, 9.17) is 18.9 Å². The van der Waals surface area contributed by atoms with Gasteiger partial charge in [0.15, 0.2) is 0 Å². The standard InChI is InChI=1S/C32H50O7/c1-6-8-10-12-27(33)37-21-31(4)24-14-18-32(5)25(20-23(39-32)22-16-19-36-29(22)35)30(24,3)17-15-26(31)38-28(34)13-11-9-7-2/h16,23-26H,6-15,17-21H2,1-5H3/t23?,24-,25-,26+,30+,31-,32+/m0/s1. The fourth-order valence-corrected chi connectivity index (χ4v) is 8.33. The van der Waals surface area contributed by atoms with Crippen molar-refractivity contribution in [1.29, 1.82) is 0 Å². The van der Waals surface area contributed by atoms with Gasteiger partial charge in [0.2, 0.25) is 0 Å². The molecule has 0 bridgehead atoms. The SMILES string of the molecule is CCCCCC(=O)OC[C@@]1(C)[C@H]2CC[C@@]3(C)OC(C4=CCOC4=O)C[C@H]3[C@]2(C)CC[C@H]1OC(=O)CCCCC. The minimum absolute atomic E-state index is 0.0979. The fourth-order valence-electron chi connectivity index (χ4n) is 8.33. The first-order chi connectivity index (χ1) is 18.6. The Labute approximate surface area is 234 Å². The maximum Gasteiger partial charge on any atom is 0.336 e. The van der Waals surface area contributed by atoms with Crippen molar-refractivity contribution < 1.29 is 33.3 Å². The fraction of sp³-hybridized carbons (Fsp3) is 0.844. The van der Waals surface area contributed by atoms with Crippen molar-refractivity contribution in [2.45, 2.75) is 136 Å². The molecule has 0 spiro atoms. The van der Waals surface area contributed by atoms with Gasteiger partial charge in [-0.15, -0.1) is 0 Å². The molecule has 4 aliphatic rings. The summed E-state index contributed by atoms with van der Waals surface area (Å²) in [5.74, 6) is -0.136. The minimum Gasteiger partial charge on any atom is -0.465 e. The van der Waals surface area contributed by atoms with Crippen LogP contribution in [-0.2, 0) is 33.3 Å². The first-order valence-corrected chi connectivity index (χ1v) is 15.5. The summed E-state index contributed by atoms with van der Waals surface area (Å²) in [6.45, 7) is 11.6. The van der Waals surface area contributed by atoms with E-state index in [-0.39, 0.29) is 59.6 Å². The summed E-state index contributed by atoms with van der Waals surface area (Å²) in [6.07, 6.45) is 12.2. The van der Waals surface area contributed by atoms with Gasteiger partial charge in [0.1, 0.15) is 19.3 Å². The second kappa shape index (κ2) is 12.3. The summed E-state index contributed by atoms with van der Waals surface area (Å²) in [5, 5.41) is 0. The van der Waals surface area contributed by atoms with Gasteiger partial charge >= 0.3 is 17.9 Å². The molecular formula is C32H50O7. The normalized spacial score (nSPS) is 37.5. The largest absolute Gasteiger partial charge is 0.465 e. The highest BCUT2D eigenvalue weighted by molar-refractivity contribution is 5.91. The molecule has 1 saturated heterocycles. The topological polar surface area (TPSA) is 88.1 Å². The zero-order chi connectivity index (χ0) is 28.3. The van der Waals surface area contributed by atoms with Crippen LogP contribution in [0.4, 0.5) is 0 Å². The smallest absolute Gasteiger partial charge is 0.336 e. The van der Waals surface area contributed by atoms with E-state index in [9.17, 15) is 14.4 Å². The molecule has 2 saturated carbocycles. The molecule has 7 atom stereocenters. The van der Waals surface area contributed by atoms with Crippen LogP contribution in [0.1, 0.15) is 118 Å². The monoisotopic (exact) mass is 546 g/mol. The molecule has 0 amide bonds. The molecular weight excluding hydrogens is 496 g/mol. The Kier molecular flexibility index (Phi) is 9.50. The molecule has 2 aliphatic carbocycles. The third kappa shape index (κ3) is 6.08. The number of carbonyl (C=O) groups is 3. The van der Waals surface area contributed by atoms with Crippen LogP contribution in [0.5, 0.6) is 0 Å². The van der Waals surface area contributed by atoms with E-state index < -0.39 is 5.41 Å². The molecule has 1 unspecified atom stereocenters. The predicted molar refractivity (Wildman–Crippen MR) is 148 cm³/mol. The van der Waals surface area contributed by atoms with Crippen molar-refractivity contribution in [2.24, 2.45) is 22.7 Å². The van der Waals surface area contributed by atoms with Crippen LogP contribution in [0.15, 0.2) is 11.6 Å². The maximum absolute atomic E-state index is 12.9. The lowest BCUT2D eigenvalue weighted by Gasteiger charge is -2.62. The van der Waals surface area contributed by atoms with E-state index in [1.54, 1.807) is 0 Å². The number of rotatable bonds is 12. The highest BCUT2D eigenvalue weighted by Crippen LogP contribution is 2.66. The summed E-state index contributed by atoms with van der Waals surface area (Å²) in [4.78, 5) is 37.9. The van der Waals surface area contributed by atoms with E-state index in [1.807, 2.05) is 6.08 Å². The predicted octanol–water partition coefficient (Wildman–Crippen LogP) is 6.47. The average molecular weight is 547 g/mol. The molecule has 0 aromatic carbocycles. The van der Waals surface area contributed by atoms with Crippen molar-refractivity contribution >= 4 is 17.9 Å². The Hall–Kier alpha value is -1.89. The first kappa shape index (κ1) is 30.1. The van der Waals surface area contributed by atoms with E-state index in [1.165, 1.54) is 0 Å². The Bertz CT molecular complexity index is 943. The van der Waals surface area contributed by atoms with Gasteiger partial charge < -0.3 is 18.9 Å². The number of cyclic esters (lactones) is 1. The van der Waals surface area contributed by atoms with Crippen molar-refractivity contribution in [1.82, 2.24) is 0 Å². The van der Waals surface area contributed by atoms with Crippen LogP contribution < -0.4 is 0 Å². The van der Waals surface area contributed by atoms with Crippen molar-refractivity contribution in [3.8, 4) is 0 Å². The van der Waals surface area contributed by atoms with Gasteiger partial charge in [0, 0.05) is 18.3 Å². The lowest BCUT2D eigenvalue weighted by Crippen LogP contribution is -2.62. The summed E-state index contributed by atoms with van der Waals surface area (Å²) in [7, 11) is 0. The summed E-state index contributed by atoms with van der Waals surface area (Å²) in [5.41, 5.74) is -0.261. The average Bonchev–Trinajstić information content (AvgIpc) is 3.48. The molecule has 2 heterocycles. The molecule has 39 heavy (non-hydrogen) atoms. The van der Waals surface area contributed by atoms with Crippen LogP contribution >= 0.6 is 0 Å². The third-order valence-electron chi connectivity index (χ3n) is 10.5. The second-order valence-corrected chi connectivity index (χ2v) is 13.2. The lowest BCUT2D eigenvalue weighted by molar-refractivity contribution is -0.214. The molecule has 2 aliphatic heterocycles. The summed E-state index contributed by atoms with van der Waals surface area (Å²) >= 11 is 0. The molecule has 3 fully saturated rings. The molecule has 7 nitrogen and oxygen atoms in total. The number of ether oxygens (including phenoxy) is 4. The molecule has 0 radical (unpaired) electrons. The van der Waals surface area contributed by atoms with Gasteiger partial charge in [0.25, 0.3) is 0 Å². The highest BCUT2D eigenvalue weighted by Gasteiger charge is 2.66. The van der Waals surface area contributed by atoms with Crippen LogP contribution in [0, 0.1) is 22.7 Å². The van der Waals surface area contributed by atoms with Gasteiger partial charge in [0.05, 0.1) is 17.3 Å². The Morgan fingerprint density at radius 2 is 1.64 bits per heavy atom. The first-order valence-electron chi connectivity index (χ1n) is 15.5. The van der Waals surface area contributed by atoms with Crippen molar-refractivity contribution in [3.63, 3.8) is 0 Å². The Morgan fingerprint density at radius 1 is 0.949 bits per heavy atom. The van der Waals surface area contributed by atoms with Crippen LogP contribution in [0.3, 0.4) is 0 Å². The number of esters is 3. The van der Waals surface area contributed by atoms with Gasteiger partial charge in [-0.25, -0.2) is 4.79 Å². The Balaban J connectivity index is 1.55. The van der Waals surface area contributed by atoms with E-state index in [2.05, 4.69) is 34.6 Å². The number of hydrogen-bond donors (Lipinski definition) is 0. The van der Waals surface area contributed by atoms with Crippen molar-refractivity contribution in [2.75, 3.05) is 13.2 Å². The number of hydrogen-bond acceptors (Lipinski definition) is 7. The third-order valence-corrected chi connectivity index (χ3v) is 10.5. The van der Waals surface area contributed by atoms with Crippen LogP contribution in [0.25, 0.3) is 0 Å². The summed E-state index contributed by atoms with van der Waals surface area (Å²) < 4.78 is 24.0. The Morgan fingerprint density at radius 3 is 2.28 bits per heavy atom. The summed E-state index contributed by atoms with van der Waals surface area (Å²) in [6, 6.07) is 0. The number of unbranched alkanes of at least 4 members (excludes halogenated alkanes) is 4. The second-order valence-electron chi connectivity index (χ2n) is 13.2. The zero-order valence-electron chi connectivity index (χ0n) is 24.9. The van der Waals surface area contributed by atoms with E-state index in [0.717, 1.165) is 70.6 Å². The van der Waals surface area contributed by atoms with E-state index in [0.29, 0.717) is 25.0 Å². The molecule has 0 aromatic heterocycles. The highest BCUT2D eigenvalue weighted by atomic mass is 16.6. The van der Waals surface area contributed by atoms with Crippen molar-refractivity contribution in [3.05, 3.63) is 11.6 Å². The lowest BCUT2D eigenvalue weighted by atomic mass is 9.44. The van der Waals surface area contributed by atoms with Gasteiger partial charge in [-0.1, -0.05) is 53.4 Å². The van der Waals surface area contributed by atoms with Gasteiger partial charge in [-0.2, -0.15) is 0 Å². The van der Waals surface area contributed by atoms with Crippen LogP contribution in [0.2, 0.25) is 0 Å². The quantitative estimate of drug-likeness (QED) is 0.158.